The van der Waals surface area contributed by atoms with E-state index in [0.29, 0.717) is 11.5 Å². The lowest BCUT2D eigenvalue weighted by Gasteiger charge is -2.14. The molecule has 122 valence electrons. The van der Waals surface area contributed by atoms with Crippen LogP contribution in [0.25, 0.3) is 0 Å². The molecule has 1 nitrogen and oxygen atoms in total. The van der Waals surface area contributed by atoms with Crippen LogP contribution < -0.4 is 0 Å². The highest BCUT2D eigenvalue weighted by atomic mass is 19.1. The van der Waals surface area contributed by atoms with Gasteiger partial charge in [0.05, 0.1) is 5.69 Å². The van der Waals surface area contributed by atoms with Crippen molar-refractivity contribution in [2.24, 2.45) is 4.99 Å². The summed E-state index contributed by atoms with van der Waals surface area (Å²) >= 11 is 0. The lowest BCUT2D eigenvalue weighted by atomic mass is 9.92. The van der Waals surface area contributed by atoms with Gasteiger partial charge in [-0.3, -0.25) is 4.99 Å². The Kier molecular flexibility index (Phi) is 5.70. The average Bonchev–Trinajstić information content (AvgIpc) is 2.51. The monoisotopic (exact) mass is 311 g/mol. The first-order valence-corrected chi connectivity index (χ1v) is 8.25. The molecule has 1 atom stereocenters. The number of halogens is 1. The Balaban J connectivity index is 2.06. The molecule has 0 aliphatic rings. The third-order valence-corrected chi connectivity index (χ3v) is 4.45. The first-order valence-electron chi connectivity index (χ1n) is 8.25. The van der Waals surface area contributed by atoms with Crippen molar-refractivity contribution in [3.63, 3.8) is 0 Å². The average molecular weight is 311 g/mol. The van der Waals surface area contributed by atoms with Gasteiger partial charge in [-0.05, 0) is 68.7 Å². The summed E-state index contributed by atoms with van der Waals surface area (Å²) in [6.07, 6.45) is 1.97. The zero-order valence-corrected chi connectivity index (χ0v) is 14.8. The molecule has 0 aliphatic carbocycles. The van der Waals surface area contributed by atoms with Gasteiger partial charge in [0, 0.05) is 11.8 Å². The van der Waals surface area contributed by atoms with E-state index in [1.54, 1.807) is 13.0 Å². The van der Waals surface area contributed by atoms with Crippen molar-refractivity contribution in [3.05, 3.63) is 64.5 Å². The highest BCUT2D eigenvalue weighted by Crippen LogP contribution is 2.26. The van der Waals surface area contributed by atoms with E-state index in [4.69, 9.17) is 0 Å². The van der Waals surface area contributed by atoms with E-state index in [2.05, 4.69) is 43.1 Å². The number of rotatable bonds is 5. The van der Waals surface area contributed by atoms with Crippen LogP contribution in [0.5, 0.6) is 0 Å². The van der Waals surface area contributed by atoms with Gasteiger partial charge in [-0.25, -0.2) is 4.39 Å². The predicted octanol–water partition coefficient (Wildman–Crippen LogP) is 6.43. The molecule has 0 amide bonds. The molecule has 2 heteroatoms. The van der Waals surface area contributed by atoms with Gasteiger partial charge in [0.2, 0.25) is 0 Å². The van der Waals surface area contributed by atoms with Gasteiger partial charge in [0.1, 0.15) is 5.82 Å². The van der Waals surface area contributed by atoms with Crippen molar-refractivity contribution < 1.29 is 4.39 Å². The summed E-state index contributed by atoms with van der Waals surface area (Å²) < 4.78 is 13.7. The quantitative estimate of drug-likeness (QED) is 0.564. The molecule has 0 saturated carbocycles. The van der Waals surface area contributed by atoms with E-state index in [9.17, 15) is 4.39 Å². The Morgan fingerprint density at radius 3 is 2.43 bits per heavy atom. The Morgan fingerprint density at radius 1 is 1.04 bits per heavy atom. The topological polar surface area (TPSA) is 12.4 Å². The van der Waals surface area contributed by atoms with Crippen molar-refractivity contribution in [1.29, 1.82) is 0 Å². The van der Waals surface area contributed by atoms with Crippen LogP contribution in [0.2, 0.25) is 0 Å². The second-order valence-corrected chi connectivity index (χ2v) is 6.53. The molecular formula is C21H26FN. The largest absolute Gasteiger partial charge is 0.258 e. The Labute approximate surface area is 139 Å². The van der Waals surface area contributed by atoms with Crippen LogP contribution in [0.15, 0.2) is 41.4 Å². The van der Waals surface area contributed by atoms with Gasteiger partial charge in [0.15, 0.2) is 0 Å². The summed E-state index contributed by atoms with van der Waals surface area (Å²) in [5.41, 5.74) is 6.23. The molecule has 23 heavy (non-hydrogen) atoms. The number of benzene rings is 2. The van der Waals surface area contributed by atoms with Crippen LogP contribution in [0, 0.1) is 26.6 Å². The lowest BCUT2D eigenvalue weighted by molar-refractivity contribution is 0.618. The third-order valence-electron chi connectivity index (χ3n) is 4.45. The van der Waals surface area contributed by atoms with E-state index in [-0.39, 0.29) is 5.82 Å². The van der Waals surface area contributed by atoms with E-state index in [1.807, 2.05) is 19.9 Å². The minimum atomic E-state index is -0.185. The fraction of sp³-hybridized carbons (Fsp3) is 0.381. The standard InChI is InChI=1S/C21H26FN/c1-14-8-6-7-9-19(14)15(2)10-11-18(5)23-21-13-20(22)16(3)12-17(21)4/h6-9,12-13,15H,10-11H2,1-5H3/b23-18+. The van der Waals surface area contributed by atoms with Gasteiger partial charge >= 0.3 is 0 Å². The molecule has 2 aromatic rings. The molecule has 0 radical (unpaired) electrons. The lowest BCUT2D eigenvalue weighted by Crippen LogP contribution is -2.00. The highest BCUT2D eigenvalue weighted by Gasteiger charge is 2.09. The fourth-order valence-corrected chi connectivity index (χ4v) is 2.92. The van der Waals surface area contributed by atoms with Gasteiger partial charge in [-0.2, -0.15) is 0 Å². The number of nitrogens with zero attached hydrogens (tertiary/aromatic N) is 1. The van der Waals surface area contributed by atoms with E-state index >= 15 is 0 Å². The van der Waals surface area contributed by atoms with Crippen molar-refractivity contribution in [2.75, 3.05) is 0 Å². The van der Waals surface area contributed by atoms with Gasteiger partial charge in [-0.15, -0.1) is 0 Å². The van der Waals surface area contributed by atoms with Crippen molar-refractivity contribution in [3.8, 4) is 0 Å². The number of hydrogen-bond donors (Lipinski definition) is 0. The van der Waals surface area contributed by atoms with Gasteiger partial charge < -0.3 is 0 Å². The summed E-state index contributed by atoms with van der Waals surface area (Å²) in [5, 5.41) is 0. The van der Waals surface area contributed by atoms with Crippen LogP contribution in [0.4, 0.5) is 10.1 Å². The van der Waals surface area contributed by atoms with Crippen LogP contribution in [-0.2, 0) is 0 Å². The molecule has 0 N–H and O–H groups in total. The number of hydrogen-bond acceptors (Lipinski definition) is 1. The zero-order chi connectivity index (χ0) is 17.0. The Morgan fingerprint density at radius 2 is 1.74 bits per heavy atom. The Bertz CT molecular complexity index is 716. The summed E-state index contributed by atoms with van der Waals surface area (Å²) in [6.45, 7) is 10.2. The fourth-order valence-electron chi connectivity index (χ4n) is 2.92. The number of aryl methyl sites for hydroxylation is 3. The van der Waals surface area contributed by atoms with Crippen molar-refractivity contribution in [1.82, 2.24) is 0 Å². The third kappa shape index (κ3) is 4.51. The minimum Gasteiger partial charge on any atom is -0.258 e. The first-order chi connectivity index (χ1) is 10.9. The summed E-state index contributed by atoms with van der Waals surface area (Å²) in [5.74, 6) is 0.313. The summed E-state index contributed by atoms with van der Waals surface area (Å²) in [4.78, 5) is 4.63. The molecule has 1 unspecified atom stereocenters. The smallest absolute Gasteiger partial charge is 0.128 e. The van der Waals surface area contributed by atoms with E-state index in [1.165, 1.54) is 11.1 Å². The van der Waals surface area contributed by atoms with Crippen LogP contribution in [-0.4, -0.2) is 5.71 Å². The Hall–Kier alpha value is -1.96. The predicted molar refractivity (Wildman–Crippen MR) is 97.5 cm³/mol. The van der Waals surface area contributed by atoms with Gasteiger partial charge in [0.25, 0.3) is 0 Å². The van der Waals surface area contributed by atoms with Gasteiger partial charge in [-0.1, -0.05) is 37.3 Å². The molecule has 2 rings (SSSR count). The maximum Gasteiger partial charge on any atom is 0.128 e. The highest BCUT2D eigenvalue weighted by molar-refractivity contribution is 5.85. The molecule has 2 aromatic carbocycles. The number of aliphatic imine (C=N–C) groups is 1. The normalized spacial score (nSPS) is 13.2. The molecule has 0 aromatic heterocycles. The molecule has 0 heterocycles. The first kappa shape index (κ1) is 17.4. The van der Waals surface area contributed by atoms with Crippen molar-refractivity contribution >= 4 is 11.4 Å². The minimum absolute atomic E-state index is 0.185. The molecule has 0 aliphatic heterocycles. The van der Waals surface area contributed by atoms with E-state index in [0.717, 1.165) is 29.8 Å². The molecule has 0 spiro atoms. The SMILES string of the molecule is C/C(CCC(C)c1ccccc1C)=N\c1cc(F)c(C)cc1C. The second-order valence-electron chi connectivity index (χ2n) is 6.53. The summed E-state index contributed by atoms with van der Waals surface area (Å²) in [6, 6.07) is 11.9. The molecule has 0 fully saturated rings. The van der Waals surface area contributed by atoms with Crippen LogP contribution >= 0.6 is 0 Å². The maximum absolute atomic E-state index is 13.7. The van der Waals surface area contributed by atoms with Crippen LogP contribution in [0.1, 0.15) is 54.9 Å². The summed E-state index contributed by atoms with van der Waals surface area (Å²) in [7, 11) is 0. The van der Waals surface area contributed by atoms with E-state index < -0.39 is 0 Å². The van der Waals surface area contributed by atoms with Crippen LogP contribution in [0.3, 0.4) is 0 Å². The molecule has 0 bridgehead atoms. The molecule has 0 saturated heterocycles. The molecular weight excluding hydrogens is 285 g/mol. The zero-order valence-electron chi connectivity index (χ0n) is 14.8. The second kappa shape index (κ2) is 7.54. The maximum atomic E-state index is 13.7. The van der Waals surface area contributed by atoms with Crippen molar-refractivity contribution in [2.45, 2.75) is 53.4 Å².